The minimum Gasteiger partial charge on any atom is -0.283 e. The zero-order valence-electron chi connectivity index (χ0n) is 17.2. The van der Waals surface area contributed by atoms with Gasteiger partial charge in [-0.3, -0.25) is 19.4 Å². The Morgan fingerprint density at radius 3 is 2.27 bits per heavy atom. The molecule has 3 aliphatic rings. The van der Waals surface area contributed by atoms with E-state index in [1.165, 1.54) is 14.6 Å². The highest BCUT2D eigenvalue weighted by Crippen LogP contribution is 2.45. The molecular formula is C22H29N3O4S. The van der Waals surface area contributed by atoms with Crippen LogP contribution in [0.15, 0.2) is 35.7 Å². The number of carbonyl (C=O) groups is 2. The van der Waals surface area contributed by atoms with Crippen molar-refractivity contribution in [1.82, 2.24) is 14.1 Å². The molecule has 1 aromatic carbocycles. The Labute approximate surface area is 178 Å². The van der Waals surface area contributed by atoms with Crippen molar-refractivity contribution >= 4 is 27.9 Å². The Morgan fingerprint density at radius 1 is 0.933 bits per heavy atom. The Balaban J connectivity index is 1.33. The van der Waals surface area contributed by atoms with Gasteiger partial charge in [0.05, 0.1) is 12.1 Å². The molecule has 30 heavy (non-hydrogen) atoms. The fourth-order valence-electron chi connectivity index (χ4n) is 4.76. The van der Waals surface area contributed by atoms with Crippen molar-refractivity contribution in [2.45, 2.75) is 38.5 Å². The summed E-state index contributed by atoms with van der Waals surface area (Å²) < 4.78 is 26.7. The van der Waals surface area contributed by atoms with Crippen LogP contribution in [-0.2, 0) is 19.6 Å². The fourth-order valence-corrected chi connectivity index (χ4v) is 5.94. The van der Waals surface area contributed by atoms with Crippen LogP contribution in [0.4, 0.5) is 0 Å². The first-order chi connectivity index (χ1) is 14.4. The van der Waals surface area contributed by atoms with Crippen molar-refractivity contribution in [2.75, 3.05) is 32.8 Å². The second-order valence-electron chi connectivity index (χ2n) is 8.56. The van der Waals surface area contributed by atoms with E-state index < -0.39 is 15.4 Å². The molecule has 1 aliphatic carbocycles. The van der Waals surface area contributed by atoms with Gasteiger partial charge in [0.15, 0.2) is 0 Å². The minimum absolute atomic E-state index is 0.0203. The lowest BCUT2D eigenvalue weighted by molar-refractivity contribution is -0.145. The Hall–Kier alpha value is -2.03. The molecule has 1 aromatic rings. The molecule has 2 saturated heterocycles. The van der Waals surface area contributed by atoms with E-state index in [0.29, 0.717) is 32.6 Å². The zero-order valence-corrected chi connectivity index (χ0v) is 18.0. The summed E-state index contributed by atoms with van der Waals surface area (Å²) in [7, 11) is -3.50. The summed E-state index contributed by atoms with van der Waals surface area (Å²) in [4.78, 5) is 28.9. The predicted molar refractivity (Wildman–Crippen MR) is 114 cm³/mol. The molecule has 0 unspecified atom stereocenters. The predicted octanol–water partition coefficient (Wildman–Crippen LogP) is 2.27. The normalized spacial score (nSPS) is 23.7. The summed E-state index contributed by atoms with van der Waals surface area (Å²) in [5.41, 5.74) is 0.366. The van der Waals surface area contributed by atoms with Gasteiger partial charge in [0, 0.05) is 38.0 Å². The molecule has 0 bridgehead atoms. The molecule has 0 N–H and O–H groups in total. The Kier molecular flexibility index (Phi) is 6.09. The van der Waals surface area contributed by atoms with Crippen molar-refractivity contribution in [3.8, 4) is 0 Å². The molecule has 162 valence electrons. The van der Waals surface area contributed by atoms with Crippen LogP contribution >= 0.6 is 0 Å². The monoisotopic (exact) mass is 431 g/mol. The van der Waals surface area contributed by atoms with E-state index >= 15 is 0 Å². The van der Waals surface area contributed by atoms with Gasteiger partial charge in [0.25, 0.3) is 0 Å². The van der Waals surface area contributed by atoms with Gasteiger partial charge in [-0.05, 0) is 24.5 Å². The van der Waals surface area contributed by atoms with E-state index in [9.17, 15) is 18.0 Å². The summed E-state index contributed by atoms with van der Waals surface area (Å²) in [6.45, 7) is 1.98. The van der Waals surface area contributed by atoms with Crippen LogP contribution in [0.1, 0.15) is 44.1 Å². The Morgan fingerprint density at radius 2 is 1.60 bits per heavy atom. The number of nitrogens with zero attached hydrogens (tertiary/aromatic N) is 3. The van der Waals surface area contributed by atoms with Crippen LogP contribution in [0.25, 0.3) is 6.08 Å². The number of carbonyl (C=O) groups excluding carboxylic acids is 2. The highest BCUT2D eigenvalue weighted by atomic mass is 32.2. The fraction of sp³-hybridized carbons (Fsp3) is 0.545. The smallest absolute Gasteiger partial charge is 0.237 e. The zero-order chi connectivity index (χ0) is 21.2. The number of hydrogen-bond donors (Lipinski definition) is 0. The number of benzene rings is 1. The standard InChI is InChI=1S/C22H29N3O4S/c26-20-17-22(10-5-2-6-11-22)21(27)25(20)18-23-12-14-24(15-13-23)30(28,29)16-9-19-7-3-1-4-8-19/h1,3-4,7-9,16H,2,5-6,10-15,17-18H2. The molecule has 2 heterocycles. The number of sulfonamides is 1. The van der Waals surface area contributed by atoms with E-state index in [4.69, 9.17) is 0 Å². The van der Waals surface area contributed by atoms with Gasteiger partial charge in [0.1, 0.15) is 0 Å². The highest BCUT2D eigenvalue weighted by molar-refractivity contribution is 7.92. The topological polar surface area (TPSA) is 78.0 Å². The largest absolute Gasteiger partial charge is 0.283 e. The molecule has 7 nitrogen and oxygen atoms in total. The van der Waals surface area contributed by atoms with E-state index in [0.717, 1.165) is 37.7 Å². The number of piperazine rings is 1. The number of amides is 2. The number of hydrogen-bond acceptors (Lipinski definition) is 5. The van der Waals surface area contributed by atoms with E-state index in [1.807, 2.05) is 35.2 Å². The maximum atomic E-state index is 13.0. The van der Waals surface area contributed by atoms with Crippen LogP contribution in [0, 0.1) is 5.41 Å². The van der Waals surface area contributed by atoms with Gasteiger partial charge < -0.3 is 0 Å². The van der Waals surface area contributed by atoms with Crippen molar-refractivity contribution in [3.05, 3.63) is 41.3 Å². The summed E-state index contributed by atoms with van der Waals surface area (Å²) in [6.07, 6.45) is 6.73. The van der Waals surface area contributed by atoms with E-state index in [1.54, 1.807) is 6.08 Å². The van der Waals surface area contributed by atoms with Crippen molar-refractivity contribution in [1.29, 1.82) is 0 Å². The first-order valence-corrected chi connectivity index (χ1v) is 12.2. The molecule has 8 heteroatoms. The van der Waals surface area contributed by atoms with Crippen LogP contribution in [0.2, 0.25) is 0 Å². The molecule has 0 atom stereocenters. The van der Waals surface area contributed by atoms with Crippen LogP contribution in [0.3, 0.4) is 0 Å². The van der Waals surface area contributed by atoms with Gasteiger partial charge in [-0.15, -0.1) is 0 Å². The van der Waals surface area contributed by atoms with Crippen molar-refractivity contribution < 1.29 is 18.0 Å². The third-order valence-electron chi connectivity index (χ3n) is 6.56. The van der Waals surface area contributed by atoms with Crippen LogP contribution < -0.4 is 0 Å². The molecule has 1 spiro atoms. The number of likely N-dealkylation sites (tertiary alicyclic amines) is 1. The van der Waals surface area contributed by atoms with E-state index in [2.05, 4.69) is 0 Å². The van der Waals surface area contributed by atoms with Gasteiger partial charge >= 0.3 is 0 Å². The first-order valence-electron chi connectivity index (χ1n) is 10.7. The SMILES string of the molecule is O=C1CC2(CCCCC2)C(=O)N1CN1CCN(S(=O)(=O)C=Cc2ccccc2)CC1. The van der Waals surface area contributed by atoms with E-state index in [-0.39, 0.29) is 18.5 Å². The number of imide groups is 1. The lowest BCUT2D eigenvalue weighted by atomic mass is 9.73. The molecule has 4 rings (SSSR count). The quantitative estimate of drug-likeness (QED) is 0.669. The summed E-state index contributed by atoms with van der Waals surface area (Å²) >= 11 is 0. The third kappa shape index (κ3) is 4.36. The summed E-state index contributed by atoms with van der Waals surface area (Å²) in [6, 6.07) is 9.32. The van der Waals surface area contributed by atoms with Crippen molar-refractivity contribution in [2.24, 2.45) is 5.41 Å². The average molecular weight is 432 g/mol. The lowest BCUT2D eigenvalue weighted by Gasteiger charge is -2.36. The van der Waals surface area contributed by atoms with Crippen LogP contribution in [-0.4, -0.2) is 67.2 Å². The maximum Gasteiger partial charge on any atom is 0.237 e. The maximum absolute atomic E-state index is 13.0. The van der Waals surface area contributed by atoms with Gasteiger partial charge in [-0.2, -0.15) is 4.31 Å². The summed E-state index contributed by atoms with van der Waals surface area (Å²) in [5.74, 6) is -0.101. The number of rotatable bonds is 5. The van der Waals surface area contributed by atoms with Gasteiger partial charge in [0.2, 0.25) is 21.8 Å². The van der Waals surface area contributed by atoms with Crippen LogP contribution in [0.5, 0.6) is 0 Å². The average Bonchev–Trinajstić information content (AvgIpc) is 2.98. The molecule has 0 radical (unpaired) electrons. The molecular weight excluding hydrogens is 402 g/mol. The van der Waals surface area contributed by atoms with Crippen molar-refractivity contribution in [3.63, 3.8) is 0 Å². The highest BCUT2D eigenvalue weighted by Gasteiger charge is 2.51. The molecule has 2 aliphatic heterocycles. The first kappa shape index (κ1) is 21.2. The Bertz CT molecular complexity index is 915. The minimum atomic E-state index is -3.50. The van der Waals surface area contributed by atoms with Gasteiger partial charge in [-0.1, -0.05) is 49.6 Å². The summed E-state index contributed by atoms with van der Waals surface area (Å²) in [5, 5.41) is 1.25. The second-order valence-corrected chi connectivity index (χ2v) is 10.4. The molecule has 2 amide bonds. The second kappa shape index (κ2) is 8.61. The molecule has 3 fully saturated rings. The molecule has 0 aromatic heterocycles. The third-order valence-corrected chi connectivity index (χ3v) is 8.13. The lowest BCUT2D eigenvalue weighted by Crippen LogP contribution is -2.52. The van der Waals surface area contributed by atoms with Gasteiger partial charge in [-0.25, -0.2) is 8.42 Å². The molecule has 1 saturated carbocycles.